The van der Waals surface area contributed by atoms with E-state index in [1.807, 2.05) is 30.3 Å². The number of esters is 2. The van der Waals surface area contributed by atoms with E-state index in [2.05, 4.69) is 5.32 Å². The molecule has 1 saturated heterocycles. The summed E-state index contributed by atoms with van der Waals surface area (Å²) in [6.45, 7) is 2.39. The van der Waals surface area contributed by atoms with Crippen LogP contribution in [0.5, 0.6) is 5.75 Å². The minimum absolute atomic E-state index is 0.191. The summed E-state index contributed by atoms with van der Waals surface area (Å²) in [5, 5.41) is 2.94. The normalized spacial score (nSPS) is 19.4. The minimum Gasteiger partial charge on any atom is -0.461 e. The van der Waals surface area contributed by atoms with Crippen molar-refractivity contribution in [3.63, 3.8) is 0 Å². The van der Waals surface area contributed by atoms with Crippen LogP contribution in [0.1, 0.15) is 38.2 Å². The van der Waals surface area contributed by atoms with Gasteiger partial charge in [-0.25, -0.2) is 9.18 Å². The number of halogens is 1. The molecule has 0 aromatic heterocycles. The topological polar surface area (TPSA) is 90.9 Å². The smallest absolute Gasteiger partial charge is 0.374 e. The van der Waals surface area contributed by atoms with Crippen molar-refractivity contribution >= 4 is 19.3 Å². The van der Waals surface area contributed by atoms with Gasteiger partial charge in [0, 0.05) is 12.6 Å². The Morgan fingerprint density at radius 2 is 1.82 bits per heavy atom. The molecule has 2 aromatic carbocycles. The third kappa shape index (κ3) is 7.49. The standard InChI is InChI=1S/C25H31FNO6P/c1-2-31-34(30,18-7-6-11-20-9-4-3-5-10-20)19-23(28)32-24(29)25(16-8-17-27-25)33-22-14-12-21(26)13-15-22/h3-5,9-10,12-15,27H,2,6-8,11,16-19H2,1H3/t25-,34?/m1/s1. The number of rotatable bonds is 12. The molecule has 1 aliphatic rings. The quantitative estimate of drug-likeness (QED) is 0.199. The molecule has 0 radical (unpaired) electrons. The van der Waals surface area contributed by atoms with Crippen LogP contribution in [0.4, 0.5) is 4.39 Å². The average Bonchev–Trinajstić information content (AvgIpc) is 3.29. The lowest BCUT2D eigenvalue weighted by atomic mass is 10.1. The molecule has 0 spiro atoms. The summed E-state index contributed by atoms with van der Waals surface area (Å²) in [6, 6.07) is 15.2. The summed E-state index contributed by atoms with van der Waals surface area (Å²) in [5.74, 6) is -2.00. The van der Waals surface area contributed by atoms with Gasteiger partial charge >= 0.3 is 11.9 Å². The Morgan fingerprint density at radius 1 is 1.09 bits per heavy atom. The van der Waals surface area contributed by atoms with Crippen molar-refractivity contribution in [3.05, 3.63) is 66.0 Å². The van der Waals surface area contributed by atoms with Crippen LogP contribution in [0.3, 0.4) is 0 Å². The van der Waals surface area contributed by atoms with E-state index in [0.717, 1.165) is 12.8 Å². The second-order valence-corrected chi connectivity index (χ2v) is 10.9. The highest BCUT2D eigenvalue weighted by Crippen LogP contribution is 2.47. The van der Waals surface area contributed by atoms with Gasteiger partial charge in [-0.1, -0.05) is 30.3 Å². The van der Waals surface area contributed by atoms with Crippen LogP contribution in [-0.2, 0) is 29.8 Å². The molecule has 1 heterocycles. The van der Waals surface area contributed by atoms with E-state index in [9.17, 15) is 18.5 Å². The zero-order valence-electron chi connectivity index (χ0n) is 19.3. The van der Waals surface area contributed by atoms with Crippen LogP contribution in [0.25, 0.3) is 0 Å². The van der Waals surface area contributed by atoms with E-state index in [4.69, 9.17) is 14.0 Å². The Labute approximate surface area is 199 Å². The number of aryl methyl sites for hydroxylation is 1. The van der Waals surface area contributed by atoms with E-state index >= 15 is 0 Å². The van der Waals surface area contributed by atoms with Crippen LogP contribution in [0, 0.1) is 5.82 Å². The van der Waals surface area contributed by atoms with Crippen molar-refractivity contribution in [2.45, 2.75) is 44.8 Å². The molecule has 2 aromatic rings. The van der Waals surface area contributed by atoms with E-state index in [-0.39, 0.29) is 24.9 Å². The first kappa shape index (κ1) is 26.1. The lowest BCUT2D eigenvalue weighted by molar-refractivity contribution is -0.171. The molecule has 0 aliphatic carbocycles. The third-order valence-electron chi connectivity index (χ3n) is 5.55. The third-order valence-corrected chi connectivity index (χ3v) is 8.02. The van der Waals surface area contributed by atoms with Gasteiger partial charge in [0.05, 0.1) is 6.61 Å². The van der Waals surface area contributed by atoms with Gasteiger partial charge in [0.1, 0.15) is 17.7 Å². The number of carbonyl (C=O) groups is 2. The van der Waals surface area contributed by atoms with Crippen molar-refractivity contribution < 1.29 is 32.5 Å². The molecule has 1 aliphatic heterocycles. The highest BCUT2D eigenvalue weighted by molar-refractivity contribution is 7.59. The van der Waals surface area contributed by atoms with Gasteiger partial charge in [-0.3, -0.25) is 14.7 Å². The monoisotopic (exact) mass is 491 g/mol. The van der Waals surface area contributed by atoms with E-state index in [1.54, 1.807) is 6.92 Å². The van der Waals surface area contributed by atoms with Crippen molar-refractivity contribution in [3.8, 4) is 5.75 Å². The Kier molecular flexibility index (Phi) is 9.39. The second-order valence-electron chi connectivity index (χ2n) is 8.23. The highest BCUT2D eigenvalue weighted by atomic mass is 31.2. The van der Waals surface area contributed by atoms with E-state index in [0.29, 0.717) is 19.4 Å². The zero-order valence-corrected chi connectivity index (χ0v) is 20.2. The Morgan fingerprint density at radius 3 is 2.47 bits per heavy atom. The van der Waals surface area contributed by atoms with E-state index < -0.39 is 37.0 Å². The summed E-state index contributed by atoms with van der Waals surface area (Å²) in [4.78, 5) is 25.4. The van der Waals surface area contributed by atoms with Crippen molar-refractivity contribution in [1.29, 1.82) is 0 Å². The maximum atomic E-state index is 13.2. The second kappa shape index (κ2) is 12.2. The number of hydrogen-bond donors (Lipinski definition) is 1. The van der Waals surface area contributed by atoms with Gasteiger partial charge in [0.25, 0.3) is 5.72 Å². The Hall–Kier alpha value is -2.54. The fraction of sp³-hybridized carbons (Fsp3) is 0.440. The van der Waals surface area contributed by atoms with Crippen molar-refractivity contribution in [2.75, 3.05) is 25.5 Å². The van der Waals surface area contributed by atoms with E-state index in [1.165, 1.54) is 29.8 Å². The summed E-state index contributed by atoms with van der Waals surface area (Å²) < 4.78 is 42.7. The van der Waals surface area contributed by atoms with Gasteiger partial charge < -0.3 is 14.0 Å². The first-order valence-corrected chi connectivity index (χ1v) is 13.5. The van der Waals surface area contributed by atoms with Gasteiger partial charge in [0.15, 0.2) is 0 Å². The minimum atomic E-state index is -3.31. The van der Waals surface area contributed by atoms with Crippen LogP contribution >= 0.6 is 7.37 Å². The lowest BCUT2D eigenvalue weighted by Gasteiger charge is -2.28. The maximum absolute atomic E-state index is 13.2. The molecule has 3 rings (SSSR count). The number of hydrogen-bond acceptors (Lipinski definition) is 7. The lowest BCUT2D eigenvalue weighted by Crippen LogP contribution is -2.54. The first-order valence-electron chi connectivity index (χ1n) is 11.6. The molecule has 7 nitrogen and oxygen atoms in total. The summed E-state index contributed by atoms with van der Waals surface area (Å²) >= 11 is 0. The molecule has 184 valence electrons. The molecule has 2 atom stereocenters. The zero-order chi connectivity index (χ0) is 24.4. The van der Waals surface area contributed by atoms with Gasteiger partial charge in [0.2, 0.25) is 7.37 Å². The largest absolute Gasteiger partial charge is 0.461 e. The molecule has 9 heteroatoms. The van der Waals surface area contributed by atoms with Crippen LogP contribution < -0.4 is 10.1 Å². The average molecular weight is 491 g/mol. The van der Waals surface area contributed by atoms with Crippen LogP contribution in [0.2, 0.25) is 0 Å². The number of unbranched alkanes of at least 4 members (excludes halogenated alkanes) is 1. The fourth-order valence-electron chi connectivity index (χ4n) is 3.89. The summed E-state index contributed by atoms with van der Waals surface area (Å²) in [5.41, 5.74) is -0.368. The van der Waals surface area contributed by atoms with Crippen molar-refractivity contribution in [2.24, 2.45) is 0 Å². The predicted molar refractivity (Wildman–Crippen MR) is 126 cm³/mol. The highest BCUT2D eigenvalue weighted by Gasteiger charge is 2.46. The molecular weight excluding hydrogens is 460 g/mol. The molecule has 0 bridgehead atoms. The summed E-state index contributed by atoms with van der Waals surface area (Å²) in [6.07, 6.45) is 2.91. The SMILES string of the molecule is CCOP(=O)(CCCCc1ccccc1)CC(=O)OC(=O)[C@]1(Oc2ccc(F)cc2)CCCN1. The Balaban J connectivity index is 1.56. The van der Waals surface area contributed by atoms with Crippen LogP contribution in [0.15, 0.2) is 54.6 Å². The maximum Gasteiger partial charge on any atom is 0.374 e. The van der Waals surface area contributed by atoms with Gasteiger partial charge in [-0.15, -0.1) is 0 Å². The molecule has 1 unspecified atom stereocenters. The molecule has 1 N–H and O–H groups in total. The molecule has 34 heavy (non-hydrogen) atoms. The fourth-order valence-corrected chi connectivity index (χ4v) is 5.90. The van der Waals surface area contributed by atoms with Gasteiger partial charge in [-0.2, -0.15) is 0 Å². The van der Waals surface area contributed by atoms with Crippen molar-refractivity contribution in [1.82, 2.24) is 5.32 Å². The molecule has 0 saturated carbocycles. The number of benzene rings is 2. The summed E-state index contributed by atoms with van der Waals surface area (Å²) in [7, 11) is -3.31. The molecule has 0 amide bonds. The predicted octanol–water partition coefficient (Wildman–Crippen LogP) is 4.69. The number of nitrogens with one attached hydrogen (secondary N) is 1. The molecular formula is C25H31FNO6P. The molecule has 1 fully saturated rings. The Bertz CT molecular complexity index is 992. The first-order chi connectivity index (χ1) is 16.3. The van der Waals surface area contributed by atoms with Gasteiger partial charge in [-0.05, 0) is 69.0 Å². The number of ether oxygens (including phenoxy) is 2. The van der Waals surface area contributed by atoms with Crippen LogP contribution in [-0.4, -0.2) is 43.1 Å². The number of carbonyl (C=O) groups excluding carboxylic acids is 2.